The minimum absolute atomic E-state index is 0.0775. The molecule has 1 aliphatic heterocycles. The van der Waals surface area contributed by atoms with Crippen molar-refractivity contribution >= 4 is 21.6 Å². The molecule has 0 fully saturated rings. The van der Waals surface area contributed by atoms with Gasteiger partial charge in [0.2, 0.25) is 10.0 Å². The maximum atomic E-state index is 12.8. The van der Waals surface area contributed by atoms with Gasteiger partial charge in [0, 0.05) is 17.8 Å². The quantitative estimate of drug-likeness (QED) is 0.589. The van der Waals surface area contributed by atoms with Gasteiger partial charge in [0.1, 0.15) is 5.75 Å². The number of ether oxygens (including phenoxy) is 1. The molecule has 1 heterocycles. The number of carbonyl (C=O) groups is 1. The van der Waals surface area contributed by atoms with Crippen LogP contribution in [0.5, 0.6) is 5.75 Å². The van der Waals surface area contributed by atoms with Gasteiger partial charge in [-0.15, -0.1) is 0 Å². The molecule has 1 N–H and O–H groups in total. The minimum atomic E-state index is -3.69. The Bertz CT molecular complexity index is 1190. The van der Waals surface area contributed by atoms with Crippen LogP contribution in [0.15, 0.2) is 83.8 Å². The van der Waals surface area contributed by atoms with Crippen LogP contribution >= 0.6 is 0 Å². The molecule has 0 saturated heterocycles. The Kier molecular flexibility index (Phi) is 6.30. The molecule has 0 unspecified atom stereocenters. The highest BCUT2D eigenvalue weighted by Gasteiger charge is 2.30. The van der Waals surface area contributed by atoms with Crippen LogP contribution in [-0.4, -0.2) is 27.0 Å². The number of sulfonamides is 1. The molecular formula is C25H26N2O4S. The molecule has 0 aromatic heterocycles. The van der Waals surface area contributed by atoms with Crippen molar-refractivity contribution in [1.82, 2.24) is 4.72 Å². The summed E-state index contributed by atoms with van der Waals surface area (Å²) in [5.41, 5.74) is 2.96. The average Bonchev–Trinajstić information content (AvgIpc) is 3.14. The van der Waals surface area contributed by atoms with Gasteiger partial charge < -0.3 is 9.64 Å². The Hall–Kier alpha value is -3.16. The highest BCUT2D eigenvalue weighted by atomic mass is 32.2. The molecule has 3 aromatic carbocycles. The maximum absolute atomic E-state index is 12.8. The first-order chi connectivity index (χ1) is 15.3. The largest absolute Gasteiger partial charge is 0.484 e. The van der Waals surface area contributed by atoms with E-state index in [0.717, 1.165) is 23.2 Å². The minimum Gasteiger partial charge on any atom is -0.484 e. The zero-order chi connectivity index (χ0) is 22.7. The fourth-order valence-corrected chi connectivity index (χ4v) is 5.22. The summed E-state index contributed by atoms with van der Waals surface area (Å²) in [7, 11) is -3.69. The first-order valence-corrected chi connectivity index (χ1v) is 12.0. The molecule has 0 aliphatic carbocycles. The Balaban J connectivity index is 1.38. The molecule has 4 rings (SSSR count). The van der Waals surface area contributed by atoms with Gasteiger partial charge in [-0.2, -0.15) is 0 Å². The number of rotatable bonds is 7. The molecule has 0 saturated carbocycles. The van der Waals surface area contributed by atoms with Gasteiger partial charge >= 0.3 is 0 Å². The summed E-state index contributed by atoms with van der Waals surface area (Å²) >= 11 is 0. The van der Waals surface area contributed by atoms with Crippen LogP contribution in [-0.2, 0) is 21.2 Å². The van der Waals surface area contributed by atoms with Crippen LogP contribution in [0.4, 0.5) is 5.69 Å². The Morgan fingerprint density at radius 1 is 1.03 bits per heavy atom. The molecule has 1 aliphatic rings. The smallest absolute Gasteiger partial charge is 0.265 e. The number of nitrogens with one attached hydrogen (secondary N) is 1. The molecule has 3 aromatic rings. The van der Waals surface area contributed by atoms with Crippen molar-refractivity contribution in [2.24, 2.45) is 0 Å². The predicted molar refractivity (Wildman–Crippen MR) is 124 cm³/mol. The van der Waals surface area contributed by atoms with E-state index in [1.54, 1.807) is 24.0 Å². The van der Waals surface area contributed by atoms with Crippen molar-refractivity contribution in [3.63, 3.8) is 0 Å². The maximum Gasteiger partial charge on any atom is 0.265 e. The number of benzene rings is 3. The number of amides is 1. The van der Waals surface area contributed by atoms with Crippen molar-refractivity contribution in [2.45, 2.75) is 37.2 Å². The van der Waals surface area contributed by atoms with E-state index in [1.807, 2.05) is 61.5 Å². The SMILES string of the molecule is C[C@H](NS(=O)(=O)c1ccc(OCC(=O)N2c3ccccc3C[C@H]2C)cc1)c1ccccc1. The van der Waals surface area contributed by atoms with E-state index in [9.17, 15) is 13.2 Å². The number of para-hydroxylation sites is 1. The van der Waals surface area contributed by atoms with Crippen LogP contribution in [0.2, 0.25) is 0 Å². The van der Waals surface area contributed by atoms with Crippen molar-refractivity contribution in [2.75, 3.05) is 11.5 Å². The second-order valence-corrected chi connectivity index (χ2v) is 9.67. The number of nitrogens with zero attached hydrogens (tertiary/aromatic N) is 1. The summed E-state index contributed by atoms with van der Waals surface area (Å²) in [5, 5.41) is 0. The van der Waals surface area contributed by atoms with Gasteiger partial charge in [-0.25, -0.2) is 13.1 Å². The Morgan fingerprint density at radius 3 is 2.41 bits per heavy atom. The fourth-order valence-electron chi connectivity index (χ4n) is 3.99. The van der Waals surface area contributed by atoms with Gasteiger partial charge in [0.15, 0.2) is 6.61 Å². The van der Waals surface area contributed by atoms with Crippen LogP contribution in [0.1, 0.15) is 31.0 Å². The summed E-state index contributed by atoms with van der Waals surface area (Å²) in [6.07, 6.45) is 0.822. The van der Waals surface area contributed by atoms with Gasteiger partial charge in [-0.1, -0.05) is 48.5 Å². The third kappa shape index (κ3) is 4.69. The van der Waals surface area contributed by atoms with Crippen molar-refractivity contribution < 1.29 is 17.9 Å². The lowest BCUT2D eigenvalue weighted by atomic mass is 10.1. The number of fused-ring (bicyclic) bond motifs is 1. The molecular weight excluding hydrogens is 424 g/mol. The summed E-state index contributed by atoms with van der Waals surface area (Å²) in [5.74, 6) is 0.311. The lowest BCUT2D eigenvalue weighted by molar-refractivity contribution is -0.120. The highest BCUT2D eigenvalue weighted by Crippen LogP contribution is 2.32. The highest BCUT2D eigenvalue weighted by molar-refractivity contribution is 7.89. The van der Waals surface area contributed by atoms with Gasteiger partial charge in [0.05, 0.1) is 4.90 Å². The van der Waals surface area contributed by atoms with Gasteiger partial charge in [-0.3, -0.25) is 4.79 Å². The van der Waals surface area contributed by atoms with Gasteiger partial charge in [0.25, 0.3) is 5.91 Å². The molecule has 7 heteroatoms. The third-order valence-electron chi connectivity index (χ3n) is 5.60. The number of carbonyl (C=O) groups excluding carboxylic acids is 1. The number of hydrogen-bond acceptors (Lipinski definition) is 4. The van der Waals surface area contributed by atoms with E-state index in [4.69, 9.17) is 4.74 Å². The van der Waals surface area contributed by atoms with Crippen LogP contribution in [0, 0.1) is 0 Å². The first-order valence-electron chi connectivity index (χ1n) is 10.6. The Labute approximate surface area is 188 Å². The van der Waals surface area contributed by atoms with Crippen LogP contribution < -0.4 is 14.4 Å². The summed E-state index contributed by atoms with van der Waals surface area (Å²) < 4.78 is 33.8. The third-order valence-corrected chi connectivity index (χ3v) is 7.16. The molecule has 166 valence electrons. The summed E-state index contributed by atoms with van der Waals surface area (Å²) in [6.45, 7) is 3.70. The van der Waals surface area contributed by atoms with E-state index in [-0.39, 0.29) is 29.5 Å². The topological polar surface area (TPSA) is 75.7 Å². The number of anilines is 1. The molecule has 1 amide bonds. The van der Waals surface area contributed by atoms with E-state index in [2.05, 4.69) is 4.72 Å². The van der Waals surface area contributed by atoms with Gasteiger partial charge in [-0.05, 0) is 61.7 Å². The monoisotopic (exact) mass is 450 g/mol. The van der Waals surface area contributed by atoms with Crippen molar-refractivity contribution in [1.29, 1.82) is 0 Å². The second kappa shape index (κ2) is 9.14. The van der Waals surface area contributed by atoms with Crippen molar-refractivity contribution in [3.05, 3.63) is 90.0 Å². The molecule has 2 atom stereocenters. The fraction of sp³-hybridized carbons (Fsp3) is 0.240. The molecule has 32 heavy (non-hydrogen) atoms. The lowest BCUT2D eigenvalue weighted by Crippen LogP contribution is -2.39. The summed E-state index contributed by atoms with van der Waals surface area (Å²) in [6, 6.07) is 23.1. The normalized spacial score (nSPS) is 16.4. The molecule has 0 bridgehead atoms. The lowest BCUT2D eigenvalue weighted by Gasteiger charge is -2.22. The first kappa shape index (κ1) is 22.0. The zero-order valence-corrected chi connectivity index (χ0v) is 18.9. The van der Waals surface area contributed by atoms with E-state index >= 15 is 0 Å². The standard InChI is InChI=1S/C25H26N2O4S/c1-18-16-21-10-6-7-11-24(21)27(18)25(28)17-31-22-12-14-23(15-13-22)32(29,30)26-19(2)20-8-4-3-5-9-20/h3-15,18-19,26H,16-17H2,1-2H3/t18-,19+/m1/s1. The van der Waals surface area contributed by atoms with Crippen molar-refractivity contribution in [3.8, 4) is 5.75 Å². The molecule has 6 nitrogen and oxygen atoms in total. The van der Waals surface area contributed by atoms with Crippen LogP contribution in [0.3, 0.4) is 0 Å². The van der Waals surface area contributed by atoms with E-state index in [0.29, 0.717) is 5.75 Å². The Morgan fingerprint density at radius 2 is 1.69 bits per heavy atom. The van der Waals surface area contributed by atoms with Crippen LogP contribution in [0.25, 0.3) is 0 Å². The zero-order valence-electron chi connectivity index (χ0n) is 18.1. The van der Waals surface area contributed by atoms with E-state index < -0.39 is 10.0 Å². The summed E-state index contributed by atoms with van der Waals surface area (Å²) in [4.78, 5) is 14.7. The second-order valence-electron chi connectivity index (χ2n) is 7.96. The van der Waals surface area contributed by atoms with E-state index in [1.165, 1.54) is 12.1 Å². The molecule has 0 radical (unpaired) electrons. The average molecular weight is 451 g/mol. The predicted octanol–water partition coefficient (Wildman–Crippen LogP) is 4.08. The number of hydrogen-bond donors (Lipinski definition) is 1. The molecule has 0 spiro atoms.